The first kappa shape index (κ1) is 33.9. The Bertz CT molecular complexity index is 1140. The summed E-state index contributed by atoms with van der Waals surface area (Å²) >= 11 is 8.94. The van der Waals surface area contributed by atoms with Crippen LogP contribution in [0.5, 0.6) is 0 Å². The Balaban J connectivity index is 0.000000528. The van der Waals surface area contributed by atoms with Crippen LogP contribution in [-0.2, 0) is 23.3 Å². The predicted molar refractivity (Wildman–Crippen MR) is 150 cm³/mol. The molecule has 4 aromatic rings. The number of anilines is 2. The second-order valence-corrected chi connectivity index (χ2v) is 19.8. The molecule has 0 spiro atoms. The summed E-state index contributed by atoms with van der Waals surface area (Å²) in [6, 6.07) is 17.6. The van der Waals surface area contributed by atoms with Crippen LogP contribution in [0.1, 0.15) is 11.1 Å². The number of hydrogen-bond donors (Lipinski definition) is 0. The zero-order chi connectivity index (χ0) is 24.2. The van der Waals surface area contributed by atoms with E-state index < -0.39 is 0 Å². The molecule has 0 heterocycles. The Morgan fingerprint density at radius 2 is 0.971 bits per heavy atom. The van der Waals surface area contributed by atoms with Gasteiger partial charge in [-0.3, -0.25) is 0 Å². The zero-order valence-corrected chi connectivity index (χ0v) is 29.2. The maximum absolute atomic E-state index is 3.60. The molecule has 0 amide bonds. The van der Waals surface area contributed by atoms with Crippen LogP contribution in [0.2, 0.25) is 13.1 Å². The fourth-order valence-electron chi connectivity index (χ4n) is 3.34. The summed E-state index contributed by atoms with van der Waals surface area (Å²) in [7, 11) is 8.24. The van der Waals surface area contributed by atoms with Gasteiger partial charge in [-0.2, -0.15) is 12.1 Å². The van der Waals surface area contributed by atoms with Crippen LogP contribution in [0.3, 0.4) is 0 Å². The fraction of sp³-hybridized carbons (Fsp3) is 0.308. The molecule has 0 radical (unpaired) electrons. The molecule has 0 aliphatic rings. The third-order valence-electron chi connectivity index (χ3n) is 4.84. The van der Waals surface area contributed by atoms with Gasteiger partial charge in [0.25, 0.3) is 0 Å². The predicted octanol–water partition coefficient (Wildman–Crippen LogP) is 2.18. The minimum Gasteiger partial charge on any atom is -1.00 e. The average Bonchev–Trinajstić information content (AvgIpc) is 3.23. The van der Waals surface area contributed by atoms with E-state index in [-0.39, 0.29) is 30.2 Å². The van der Waals surface area contributed by atoms with Gasteiger partial charge in [0.15, 0.2) is 0 Å². The van der Waals surface area contributed by atoms with Crippen LogP contribution in [-0.4, -0.2) is 33.6 Å². The summed E-state index contributed by atoms with van der Waals surface area (Å²) in [5.41, 5.74) is 5.31. The second kappa shape index (κ2) is 15.2. The molecule has 0 bridgehead atoms. The van der Waals surface area contributed by atoms with E-state index in [1.807, 2.05) is 0 Å². The molecule has 0 unspecified atom stereocenters. The Morgan fingerprint density at radius 3 is 1.24 bits per heavy atom. The minimum atomic E-state index is 0. The first-order valence-corrected chi connectivity index (χ1v) is 18.3. The van der Waals surface area contributed by atoms with Crippen molar-refractivity contribution in [2.24, 2.45) is 0 Å². The molecule has 0 aliphatic heterocycles. The Labute approximate surface area is 249 Å². The molecule has 8 heteroatoms. The smallest absolute Gasteiger partial charge is 0.00537 e. The Hall–Kier alpha value is -0.100. The molecule has 184 valence electrons. The zero-order valence-electron chi connectivity index (χ0n) is 21.0. The number of nitrogens with zero attached hydrogens (tertiary/aromatic N) is 2. The average molecular weight is 723 g/mol. The van der Waals surface area contributed by atoms with Gasteiger partial charge in [-0.15, -0.1) is 56.9 Å². The van der Waals surface area contributed by atoms with E-state index >= 15 is 0 Å². The number of benzene rings is 2. The van der Waals surface area contributed by atoms with Crippen molar-refractivity contribution in [2.75, 3.05) is 38.0 Å². The molecule has 0 saturated carbocycles. The number of fused-ring (bicyclic) bond motifs is 2. The number of hydrogen-bond acceptors (Lipinski definition) is 2. The van der Waals surface area contributed by atoms with E-state index in [9.17, 15) is 0 Å². The maximum Gasteiger partial charge on any atom is 0.00537 e. The van der Waals surface area contributed by atoms with E-state index in [2.05, 4.69) is 145 Å². The molecule has 0 atom stereocenters. The van der Waals surface area contributed by atoms with Crippen molar-refractivity contribution >= 4 is 70.2 Å². The molecule has 0 aliphatic carbocycles. The Morgan fingerprint density at radius 1 is 0.676 bits per heavy atom. The van der Waals surface area contributed by atoms with Crippen molar-refractivity contribution in [3.8, 4) is 0 Å². The third kappa shape index (κ3) is 9.75. The van der Waals surface area contributed by atoms with Crippen molar-refractivity contribution in [3.05, 3.63) is 68.6 Å². The van der Waals surface area contributed by atoms with E-state index in [4.69, 9.17) is 0 Å². The summed E-state index contributed by atoms with van der Waals surface area (Å²) in [5, 5.41) is 5.21. The van der Waals surface area contributed by atoms with Crippen LogP contribution in [0.15, 0.2) is 57.5 Å². The van der Waals surface area contributed by atoms with Crippen molar-refractivity contribution in [1.82, 2.24) is 0 Å². The van der Waals surface area contributed by atoms with Gasteiger partial charge in [0.2, 0.25) is 0 Å². The van der Waals surface area contributed by atoms with Crippen LogP contribution < -0.4 is 34.6 Å². The van der Waals surface area contributed by atoms with Gasteiger partial charge in [-0.25, -0.2) is 0 Å². The first-order chi connectivity index (χ1) is 14.9. The molecule has 2 nitrogen and oxygen atoms in total. The van der Waals surface area contributed by atoms with Crippen molar-refractivity contribution < 1.29 is 48.1 Å². The molecular formula is C26H32Br2Cl2N2SiZr-2. The maximum atomic E-state index is 3.60. The molecular weight excluding hydrogens is 690 g/mol. The van der Waals surface area contributed by atoms with Gasteiger partial charge in [0, 0.05) is 28.2 Å². The molecule has 0 fully saturated rings. The molecule has 0 aromatic heterocycles. The van der Waals surface area contributed by atoms with Crippen LogP contribution in [0.4, 0.5) is 11.4 Å². The van der Waals surface area contributed by atoms with E-state index in [0.717, 1.165) is 0 Å². The van der Waals surface area contributed by atoms with Crippen molar-refractivity contribution in [2.45, 2.75) is 26.9 Å². The third-order valence-corrected chi connectivity index (χ3v) is 6.15. The number of aryl methyl sites for hydroxylation is 2. The first-order valence-electron chi connectivity index (χ1n) is 10.5. The topological polar surface area (TPSA) is 6.48 Å². The summed E-state index contributed by atoms with van der Waals surface area (Å²) in [4.78, 5) is 4.24. The quantitative estimate of drug-likeness (QED) is 0.232. The summed E-state index contributed by atoms with van der Waals surface area (Å²) in [6.45, 7) is 8.87. The Kier molecular flexibility index (Phi) is 15.2. The molecule has 4 aromatic carbocycles. The standard InChI is InChI=1S/2C12H13BrN.C2H6Si.2ClH.Zr/c2*1-8-4-9-6-10(14(2)3)7-12(13)11(9)5-8;1-3-2;;;/h2*4-7H,1-3H3;1-2H3;2*1H;/q2*-1;;;;+2/p-2. The van der Waals surface area contributed by atoms with Crippen LogP contribution in [0.25, 0.3) is 21.5 Å². The van der Waals surface area contributed by atoms with Gasteiger partial charge < -0.3 is 34.6 Å². The number of halogens is 4. The largest absolute Gasteiger partial charge is 1.00 e. The van der Waals surface area contributed by atoms with Crippen LogP contribution >= 0.6 is 31.9 Å². The number of rotatable bonds is 2. The monoisotopic (exact) mass is 718 g/mol. The molecule has 0 N–H and O–H groups in total. The normalized spacial score (nSPS) is 9.76. The summed E-state index contributed by atoms with van der Waals surface area (Å²) < 4.78 is 2.35. The van der Waals surface area contributed by atoms with Crippen molar-refractivity contribution in [3.63, 3.8) is 0 Å². The van der Waals surface area contributed by atoms with Crippen LogP contribution in [0, 0.1) is 13.8 Å². The fourth-order valence-corrected chi connectivity index (χ4v) is 4.49. The van der Waals surface area contributed by atoms with Gasteiger partial charge >= 0.3 is 41.9 Å². The minimum absolute atomic E-state index is 0. The molecule has 0 saturated heterocycles. The van der Waals surface area contributed by atoms with E-state index in [1.165, 1.54) is 53.0 Å². The van der Waals surface area contributed by atoms with E-state index in [0.29, 0.717) is 0 Å². The summed E-state index contributed by atoms with van der Waals surface area (Å²) in [5.74, 6) is 0. The van der Waals surface area contributed by atoms with E-state index in [1.54, 1.807) is 23.3 Å². The van der Waals surface area contributed by atoms with Gasteiger partial charge in [-0.05, 0) is 32.5 Å². The van der Waals surface area contributed by atoms with Gasteiger partial charge in [-0.1, -0.05) is 45.7 Å². The van der Waals surface area contributed by atoms with Gasteiger partial charge in [0.1, 0.15) is 0 Å². The van der Waals surface area contributed by atoms with Crippen molar-refractivity contribution in [1.29, 1.82) is 0 Å². The van der Waals surface area contributed by atoms with Gasteiger partial charge in [0.05, 0.1) is 0 Å². The second-order valence-electron chi connectivity index (χ2n) is 8.72. The molecule has 4 rings (SSSR count). The SMILES string of the molecule is C[Si](C)=[Zr+2].Cc1cc2c(Br)cc(N(C)C)cc2[cH-]1.Cc1cc2c(Br)cc(N(C)C)cc2[cH-]1.[Cl-].[Cl-]. The molecule has 34 heavy (non-hydrogen) atoms. The summed E-state index contributed by atoms with van der Waals surface area (Å²) in [6.07, 6.45) is 0.